The monoisotopic (exact) mass is 279 g/mol. The Morgan fingerprint density at radius 1 is 1.53 bits per heavy atom. The zero-order chi connectivity index (χ0) is 13.8. The molecule has 0 saturated heterocycles. The van der Waals surface area contributed by atoms with Crippen molar-refractivity contribution in [2.24, 2.45) is 0 Å². The molecule has 1 aromatic heterocycles. The molecule has 1 heterocycles. The number of anilines is 1. The van der Waals surface area contributed by atoms with Gasteiger partial charge in [0.05, 0.1) is 11.8 Å². The number of hydrogen-bond donors (Lipinski definition) is 2. The van der Waals surface area contributed by atoms with Gasteiger partial charge in [0.15, 0.2) is 0 Å². The number of nitrogens with one attached hydrogen (secondary N) is 1. The maximum atomic E-state index is 11.8. The summed E-state index contributed by atoms with van der Waals surface area (Å²) >= 11 is 5.83. The van der Waals surface area contributed by atoms with Crippen LogP contribution < -0.4 is 5.32 Å². The minimum Gasteiger partial charge on any atom is -0.387 e. The molecule has 0 spiro atoms. The van der Waals surface area contributed by atoms with Crippen molar-refractivity contribution in [1.82, 2.24) is 9.78 Å². The third-order valence-corrected chi connectivity index (χ3v) is 2.74. The number of halogens is 1. The van der Waals surface area contributed by atoms with Crippen molar-refractivity contribution < 1.29 is 9.90 Å². The van der Waals surface area contributed by atoms with E-state index >= 15 is 0 Å². The zero-order valence-electron chi connectivity index (χ0n) is 10.4. The Balaban J connectivity index is 1.97. The molecule has 1 atom stereocenters. The fourth-order valence-electron chi connectivity index (χ4n) is 1.60. The van der Waals surface area contributed by atoms with E-state index in [1.807, 2.05) is 0 Å². The quantitative estimate of drug-likeness (QED) is 0.902. The number of carbonyl (C=O) groups excluding carboxylic acids is 1. The standard InChI is InChI=1S/C13H14ClN3O2/c1-9(18)12-5-6-17(16-12)8-13(19)15-11-4-2-3-10(14)7-11/h2-7,9,18H,8H2,1H3,(H,15,19)/t9-/m0/s1. The topological polar surface area (TPSA) is 67.2 Å². The highest BCUT2D eigenvalue weighted by atomic mass is 35.5. The van der Waals surface area contributed by atoms with Crippen molar-refractivity contribution >= 4 is 23.2 Å². The first-order valence-electron chi connectivity index (χ1n) is 5.81. The first kappa shape index (κ1) is 13.6. The predicted molar refractivity (Wildman–Crippen MR) is 72.9 cm³/mol. The lowest BCUT2D eigenvalue weighted by Crippen LogP contribution is -2.19. The van der Waals surface area contributed by atoms with E-state index in [1.54, 1.807) is 43.5 Å². The molecule has 0 aliphatic carbocycles. The number of nitrogens with zero attached hydrogens (tertiary/aromatic N) is 2. The number of rotatable bonds is 4. The molecular weight excluding hydrogens is 266 g/mol. The minimum absolute atomic E-state index is 0.0826. The molecule has 0 aliphatic heterocycles. The molecule has 2 aromatic rings. The van der Waals surface area contributed by atoms with E-state index in [2.05, 4.69) is 10.4 Å². The summed E-state index contributed by atoms with van der Waals surface area (Å²) < 4.78 is 1.47. The first-order chi connectivity index (χ1) is 9.04. The summed E-state index contributed by atoms with van der Waals surface area (Å²) in [5, 5.41) is 16.7. The second-order valence-electron chi connectivity index (χ2n) is 4.17. The van der Waals surface area contributed by atoms with Crippen LogP contribution in [0, 0.1) is 0 Å². The molecule has 0 unspecified atom stereocenters. The van der Waals surface area contributed by atoms with Gasteiger partial charge in [-0.15, -0.1) is 0 Å². The summed E-state index contributed by atoms with van der Waals surface area (Å²) in [7, 11) is 0. The Morgan fingerprint density at radius 3 is 2.95 bits per heavy atom. The maximum Gasteiger partial charge on any atom is 0.246 e. The second-order valence-corrected chi connectivity index (χ2v) is 4.61. The van der Waals surface area contributed by atoms with Crippen LogP contribution in [0.1, 0.15) is 18.7 Å². The number of amides is 1. The van der Waals surface area contributed by atoms with Gasteiger partial charge >= 0.3 is 0 Å². The van der Waals surface area contributed by atoms with Crippen LogP contribution in [0.4, 0.5) is 5.69 Å². The molecule has 0 saturated carbocycles. The van der Waals surface area contributed by atoms with Crippen molar-refractivity contribution in [3.05, 3.63) is 47.2 Å². The molecule has 19 heavy (non-hydrogen) atoms. The van der Waals surface area contributed by atoms with Gasteiger partial charge in [-0.1, -0.05) is 17.7 Å². The number of benzene rings is 1. The molecule has 0 aliphatic rings. The van der Waals surface area contributed by atoms with Gasteiger partial charge in [-0.05, 0) is 31.2 Å². The fourth-order valence-corrected chi connectivity index (χ4v) is 1.79. The summed E-state index contributed by atoms with van der Waals surface area (Å²) in [6.07, 6.45) is 1.01. The van der Waals surface area contributed by atoms with Gasteiger partial charge in [0, 0.05) is 16.9 Å². The van der Waals surface area contributed by atoms with Gasteiger partial charge in [0.2, 0.25) is 5.91 Å². The van der Waals surface area contributed by atoms with Crippen LogP contribution >= 0.6 is 11.6 Å². The van der Waals surface area contributed by atoms with E-state index in [4.69, 9.17) is 11.6 Å². The Kier molecular flexibility index (Phi) is 4.19. The normalized spacial score (nSPS) is 12.2. The molecule has 0 bridgehead atoms. The molecular formula is C13H14ClN3O2. The van der Waals surface area contributed by atoms with E-state index in [1.165, 1.54) is 4.68 Å². The summed E-state index contributed by atoms with van der Waals surface area (Å²) in [6, 6.07) is 8.60. The van der Waals surface area contributed by atoms with Crippen molar-refractivity contribution in [2.45, 2.75) is 19.6 Å². The Labute approximate surface area is 115 Å². The van der Waals surface area contributed by atoms with E-state index < -0.39 is 6.10 Å². The average molecular weight is 280 g/mol. The van der Waals surface area contributed by atoms with E-state index in [0.717, 1.165) is 0 Å². The van der Waals surface area contributed by atoms with E-state index in [0.29, 0.717) is 16.4 Å². The molecule has 1 amide bonds. The highest BCUT2D eigenvalue weighted by Crippen LogP contribution is 2.15. The lowest BCUT2D eigenvalue weighted by atomic mass is 10.3. The number of aliphatic hydroxyl groups is 1. The number of hydrogen-bond acceptors (Lipinski definition) is 3. The van der Waals surface area contributed by atoms with Gasteiger partial charge in [0.1, 0.15) is 6.54 Å². The largest absolute Gasteiger partial charge is 0.387 e. The SMILES string of the molecule is C[C@H](O)c1ccn(CC(=O)Nc2cccc(Cl)c2)n1. The van der Waals surface area contributed by atoms with Crippen LogP contribution in [-0.4, -0.2) is 20.8 Å². The molecule has 6 heteroatoms. The Hall–Kier alpha value is -1.85. The molecule has 0 fully saturated rings. The van der Waals surface area contributed by atoms with Crippen LogP contribution in [0.25, 0.3) is 0 Å². The predicted octanol–water partition coefficient (Wildman–Crippen LogP) is 2.23. The van der Waals surface area contributed by atoms with Gasteiger partial charge in [-0.3, -0.25) is 9.48 Å². The Bertz CT molecular complexity index is 581. The van der Waals surface area contributed by atoms with Gasteiger partial charge in [-0.2, -0.15) is 5.10 Å². The summed E-state index contributed by atoms with van der Waals surface area (Å²) in [5.41, 5.74) is 1.18. The van der Waals surface area contributed by atoms with E-state index in [-0.39, 0.29) is 12.5 Å². The minimum atomic E-state index is -0.641. The van der Waals surface area contributed by atoms with Gasteiger partial charge in [-0.25, -0.2) is 0 Å². The molecule has 5 nitrogen and oxygen atoms in total. The van der Waals surface area contributed by atoms with Gasteiger partial charge in [0.25, 0.3) is 0 Å². The summed E-state index contributed by atoms with van der Waals surface area (Å²) in [4.78, 5) is 11.8. The number of aromatic nitrogens is 2. The number of carbonyl (C=O) groups is 1. The van der Waals surface area contributed by atoms with Crippen LogP contribution in [0.3, 0.4) is 0 Å². The number of aliphatic hydroxyl groups excluding tert-OH is 1. The van der Waals surface area contributed by atoms with Crippen LogP contribution in [-0.2, 0) is 11.3 Å². The Morgan fingerprint density at radius 2 is 2.32 bits per heavy atom. The van der Waals surface area contributed by atoms with E-state index in [9.17, 15) is 9.90 Å². The summed E-state index contributed by atoms with van der Waals surface area (Å²) in [6.45, 7) is 1.71. The van der Waals surface area contributed by atoms with Crippen molar-refractivity contribution in [3.8, 4) is 0 Å². The van der Waals surface area contributed by atoms with Crippen molar-refractivity contribution in [2.75, 3.05) is 5.32 Å². The molecule has 2 N–H and O–H groups in total. The molecule has 0 radical (unpaired) electrons. The first-order valence-corrected chi connectivity index (χ1v) is 6.19. The lowest BCUT2D eigenvalue weighted by Gasteiger charge is -2.05. The molecule has 1 aromatic carbocycles. The fraction of sp³-hybridized carbons (Fsp3) is 0.231. The van der Waals surface area contributed by atoms with Crippen LogP contribution in [0.5, 0.6) is 0 Å². The van der Waals surface area contributed by atoms with Crippen molar-refractivity contribution in [3.63, 3.8) is 0 Å². The second kappa shape index (κ2) is 5.86. The maximum absolute atomic E-state index is 11.8. The highest BCUT2D eigenvalue weighted by Gasteiger charge is 2.08. The zero-order valence-corrected chi connectivity index (χ0v) is 11.1. The van der Waals surface area contributed by atoms with Gasteiger partial charge < -0.3 is 10.4 Å². The summed E-state index contributed by atoms with van der Waals surface area (Å²) in [5.74, 6) is -0.206. The molecule has 2 rings (SSSR count). The third-order valence-electron chi connectivity index (χ3n) is 2.50. The lowest BCUT2D eigenvalue weighted by molar-refractivity contribution is -0.116. The average Bonchev–Trinajstić information content (AvgIpc) is 2.77. The highest BCUT2D eigenvalue weighted by molar-refractivity contribution is 6.30. The van der Waals surface area contributed by atoms with Crippen LogP contribution in [0.15, 0.2) is 36.5 Å². The van der Waals surface area contributed by atoms with Crippen LogP contribution in [0.2, 0.25) is 5.02 Å². The smallest absolute Gasteiger partial charge is 0.246 e. The van der Waals surface area contributed by atoms with Crippen molar-refractivity contribution in [1.29, 1.82) is 0 Å². The third kappa shape index (κ3) is 3.81. The molecule has 100 valence electrons.